The molecule has 0 radical (unpaired) electrons. The first-order chi connectivity index (χ1) is 9.72. The Morgan fingerprint density at radius 2 is 2.10 bits per heavy atom. The molecule has 2 fully saturated rings. The maximum absolute atomic E-state index is 12.7. The summed E-state index contributed by atoms with van der Waals surface area (Å²) in [7, 11) is 0. The summed E-state index contributed by atoms with van der Waals surface area (Å²) in [4.78, 5) is 14.7. The molecule has 2 aliphatic rings. The SMILES string of the molecule is CCSC1CCCCN(C(=O)C(N)C2CCOCC2)C1. The molecular weight excluding hydrogens is 272 g/mol. The van der Waals surface area contributed by atoms with Crippen molar-refractivity contribution in [3.05, 3.63) is 0 Å². The summed E-state index contributed by atoms with van der Waals surface area (Å²) in [5.41, 5.74) is 6.24. The summed E-state index contributed by atoms with van der Waals surface area (Å²) in [5, 5.41) is 0.591. The van der Waals surface area contributed by atoms with E-state index < -0.39 is 0 Å². The molecule has 2 unspecified atom stereocenters. The van der Waals surface area contributed by atoms with Gasteiger partial charge in [-0.1, -0.05) is 13.3 Å². The minimum absolute atomic E-state index is 0.167. The van der Waals surface area contributed by atoms with Crippen LogP contribution in [0.1, 0.15) is 39.0 Å². The highest BCUT2D eigenvalue weighted by atomic mass is 32.2. The largest absolute Gasteiger partial charge is 0.381 e. The third-order valence-corrected chi connectivity index (χ3v) is 5.59. The lowest BCUT2D eigenvalue weighted by atomic mass is 9.91. The van der Waals surface area contributed by atoms with E-state index >= 15 is 0 Å². The summed E-state index contributed by atoms with van der Waals surface area (Å²) in [6.07, 6.45) is 5.43. The van der Waals surface area contributed by atoms with Crippen LogP contribution in [0, 0.1) is 5.92 Å². The van der Waals surface area contributed by atoms with Crippen molar-refractivity contribution in [1.29, 1.82) is 0 Å². The molecule has 0 aromatic carbocycles. The van der Waals surface area contributed by atoms with Gasteiger partial charge in [0.1, 0.15) is 0 Å². The number of amides is 1. The molecule has 2 heterocycles. The number of thioether (sulfide) groups is 1. The maximum Gasteiger partial charge on any atom is 0.239 e. The van der Waals surface area contributed by atoms with E-state index in [4.69, 9.17) is 10.5 Å². The van der Waals surface area contributed by atoms with Crippen LogP contribution in [-0.2, 0) is 9.53 Å². The van der Waals surface area contributed by atoms with E-state index in [1.165, 1.54) is 12.8 Å². The number of nitrogens with zero attached hydrogens (tertiary/aromatic N) is 1. The van der Waals surface area contributed by atoms with Crippen molar-refractivity contribution >= 4 is 17.7 Å². The molecule has 116 valence electrons. The number of likely N-dealkylation sites (tertiary alicyclic amines) is 1. The lowest BCUT2D eigenvalue weighted by molar-refractivity contribution is -0.134. The molecule has 4 nitrogen and oxygen atoms in total. The fraction of sp³-hybridized carbons (Fsp3) is 0.933. The van der Waals surface area contributed by atoms with Gasteiger partial charge < -0.3 is 15.4 Å². The third kappa shape index (κ3) is 4.37. The highest BCUT2D eigenvalue weighted by Gasteiger charge is 2.31. The summed E-state index contributed by atoms with van der Waals surface area (Å²) < 4.78 is 5.36. The summed E-state index contributed by atoms with van der Waals surface area (Å²) in [6, 6.07) is -0.329. The quantitative estimate of drug-likeness (QED) is 0.861. The number of carbonyl (C=O) groups excluding carboxylic acids is 1. The van der Waals surface area contributed by atoms with E-state index in [0.29, 0.717) is 11.2 Å². The van der Waals surface area contributed by atoms with Gasteiger partial charge in [0.25, 0.3) is 0 Å². The second-order valence-electron chi connectivity index (χ2n) is 5.83. The molecule has 0 aromatic rings. The molecule has 5 heteroatoms. The average Bonchev–Trinajstić information content (AvgIpc) is 2.73. The Labute approximate surface area is 126 Å². The molecule has 0 aromatic heterocycles. The van der Waals surface area contributed by atoms with Crippen LogP contribution in [0.25, 0.3) is 0 Å². The van der Waals surface area contributed by atoms with Crippen LogP contribution in [0.15, 0.2) is 0 Å². The van der Waals surface area contributed by atoms with Gasteiger partial charge in [0.05, 0.1) is 6.04 Å². The van der Waals surface area contributed by atoms with Crippen LogP contribution in [0.2, 0.25) is 0 Å². The van der Waals surface area contributed by atoms with E-state index in [1.807, 2.05) is 16.7 Å². The lowest BCUT2D eigenvalue weighted by Crippen LogP contribution is -2.50. The minimum Gasteiger partial charge on any atom is -0.381 e. The topological polar surface area (TPSA) is 55.6 Å². The zero-order valence-electron chi connectivity index (χ0n) is 12.6. The van der Waals surface area contributed by atoms with Crippen LogP contribution < -0.4 is 5.73 Å². The molecule has 1 amide bonds. The van der Waals surface area contributed by atoms with Crippen molar-refractivity contribution in [2.45, 2.75) is 50.3 Å². The lowest BCUT2D eigenvalue weighted by Gasteiger charge is -2.32. The fourth-order valence-electron chi connectivity index (χ4n) is 3.16. The first-order valence-electron chi connectivity index (χ1n) is 7.96. The molecule has 0 aliphatic carbocycles. The number of hydrogen-bond acceptors (Lipinski definition) is 4. The molecule has 2 N–H and O–H groups in total. The molecule has 0 saturated carbocycles. The van der Waals surface area contributed by atoms with E-state index in [-0.39, 0.29) is 11.9 Å². The van der Waals surface area contributed by atoms with Crippen LogP contribution in [0.5, 0.6) is 0 Å². The first-order valence-corrected chi connectivity index (χ1v) is 9.01. The number of carbonyl (C=O) groups is 1. The monoisotopic (exact) mass is 300 g/mol. The van der Waals surface area contributed by atoms with Crippen molar-refractivity contribution in [3.8, 4) is 0 Å². The van der Waals surface area contributed by atoms with Gasteiger partial charge in [0.2, 0.25) is 5.91 Å². The van der Waals surface area contributed by atoms with Crippen LogP contribution >= 0.6 is 11.8 Å². The van der Waals surface area contributed by atoms with Gasteiger partial charge in [-0.3, -0.25) is 4.79 Å². The zero-order valence-corrected chi connectivity index (χ0v) is 13.4. The Morgan fingerprint density at radius 3 is 2.80 bits per heavy atom. The molecule has 2 saturated heterocycles. The summed E-state index contributed by atoms with van der Waals surface area (Å²) in [6.45, 7) is 5.46. The molecule has 0 spiro atoms. The number of nitrogens with two attached hydrogens (primary N) is 1. The molecule has 0 bridgehead atoms. The third-order valence-electron chi connectivity index (χ3n) is 4.40. The fourth-order valence-corrected chi connectivity index (χ4v) is 4.25. The normalized spacial score (nSPS) is 27.1. The second kappa shape index (κ2) is 8.25. The average molecular weight is 300 g/mol. The highest BCUT2D eigenvalue weighted by molar-refractivity contribution is 7.99. The molecule has 2 rings (SSSR count). The molecule has 20 heavy (non-hydrogen) atoms. The van der Waals surface area contributed by atoms with Crippen LogP contribution in [-0.4, -0.2) is 54.2 Å². The Kier molecular flexibility index (Phi) is 6.65. The van der Waals surface area contributed by atoms with Crippen LogP contribution in [0.3, 0.4) is 0 Å². The summed E-state index contributed by atoms with van der Waals surface area (Å²) in [5.74, 6) is 1.59. The highest BCUT2D eigenvalue weighted by Crippen LogP contribution is 2.24. The standard InChI is InChI=1S/C15H28N2O2S/c1-2-20-13-5-3-4-8-17(11-13)15(18)14(16)12-6-9-19-10-7-12/h12-14H,2-11,16H2,1H3. The van der Waals surface area contributed by atoms with Gasteiger partial charge in [-0.25, -0.2) is 0 Å². The van der Waals surface area contributed by atoms with Crippen molar-refractivity contribution < 1.29 is 9.53 Å². The van der Waals surface area contributed by atoms with Crippen molar-refractivity contribution in [2.24, 2.45) is 11.7 Å². The molecular formula is C15H28N2O2S. The van der Waals surface area contributed by atoms with Gasteiger partial charge in [0.15, 0.2) is 0 Å². The van der Waals surface area contributed by atoms with Crippen molar-refractivity contribution in [2.75, 3.05) is 32.1 Å². The number of hydrogen-bond donors (Lipinski definition) is 1. The molecule has 2 atom stereocenters. The number of ether oxygens (including phenoxy) is 1. The van der Waals surface area contributed by atoms with E-state index in [9.17, 15) is 4.79 Å². The van der Waals surface area contributed by atoms with Crippen molar-refractivity contribution in [3.63, 3.8) is 0 Å². The molecule has 2 aliphatic heterocycles. The van der Waals surface area contributed by atoms with E-state index in [1.54, 1.807) is 0 Å². The number of rotatable bonds is 4. The first kappa shape index (κ1) is 16.1. The predicted octanol–water partition coefficient (Wildman–Crippen LogP) is 1.87. The zero-order chi connectivity index (χ0) is 14.4. The Hall–Kier alpha value is -0.260. The smallest absolute Gasteiger partial charge is 0.239 e. The predicted molar refractivity (Wildman–Crippen MR) is 83.9 cm³/mol. The van der Waals surface area contributed by atoms with Gasteiger partial charge in [-0.2, -0.15) is 11.8 Å². The Morgan fingerprint density at radius 1 is 1.35 bits per heavy atom. The van der Waals surface area contributed by atoms with Gasteiger partial charge >= 0.3 is 0 Å². The Balaban J connectivity index is 1.91. The van der Waals surface area contributed by atoms with E-state index in [2.05, 4.69) is 6.92 Å². The van der Waals surface area contributed by atoms with Crippen molar-refractivity contribution in [1.82, 2.24) is 4.90 Å². The van der Waals surface area contributed by atoms with E-state index in [0.717, 1.165) is 51.3 Å². The second-order valence-corrected chi connectivity index (χ2v) is 7.41. The Bertz CT molecular complexity index is 308. The van der Waals surface area contributed by atoms with Gasteiger partial charge in [0, 0.05) is 31.6 Å². The van der Waals surface area contributed by atoms with Crippen LogP contribution in [0.4, 0.5) is 0 Å². The van der Waals surface area contributed by atoms with Gasteiger partial charge in [-0.05, 0) is 37.4 Å². The summed E-state index contributed by atoms with van der Waals surface area (Å²) >= 11 is 1.98. The maximum atomic E-state index is 12.7. The van der Waals surface area contributed by atoms with Gasteiger partial charge in [-0.15, -0.1) is 0 Å². The minimum atomic E-state index is -0.329.